The number of benzene rings is 2. The van der Waals surface area contributed by atoms with Crippen LogP contribution in [0.1, 0.15) is 36.8 Å². The number of anilines is 3. The van der Waals surface area contributed by atoms with E-state index in [9.17, 15) is 36.5 Å². The standard InChI is InChI=1S/C30H30F6N6O3S/c31-29(32,33)19-4-6-21(7-5-19)38-28(46)41-16-14-40(15-17-41)26-2-1-3-27(39-26)45-23-11-8-20(9-12-23)37-22-10-13-25(42(43)44)24(18-22)30(34,35)36/h1-7,10,13,18,20,23,37H,8-9,11-12,14-17H2,(H,38,46)/t20-,23-. The van der Waals surface area contributed by atoms with E-state index in [0.717, 1.165) is 30.1 Å². The van der Waals surface area contributed by atoms with Crippen LogP contribution in [0, 0.1) is 10.1 Å². The molecule has 16 heteroatoms. The van der Waals surface area contributed by atoms with Crippen LogP contribution < -0.4 is 20.3 Å². The minimum Gasteiger partial charge on any atom is -0.474 e. The van der Waals surface area contributed by atoms with Crippen molar-refractivity contribution >= 4 is 40.2 Å². The van der Waals surface area contributed by atoms with Gasteiger partial charge in [-0.25, -0.2) is 0 Å². The number of rotatable bonds is 7. The number of pyridine rings is 1. The van der Waals surface area contributed by atoms with Gasteiger partial charge in [-0.15, -0.1) is 0 Å². The maximum atomic E-state index is 13.3. The molecule has 0 unspecified atom stereocenters. The maximum absolute atomic E-state index is 13.3. The quantitative estimate of drug-likeness (QED) is 0.116. The average Bonchev–Trinajstić information content (AvgIpc) is 3.01. The molecule has 1 aliphatic carbocycles. The summed E-state index contributed by atoms with van der Waals surface area (Å²) < 4.78 is 84.6. The fraction of sp³-hybridized carbons (Fsp3) is 0.400. The third kappa shape index (κ3) is 8.27. The van der Waals surface area contributed by atoms with Crippen molar-refractivity contribution in [1.82, 2.24) is 9.88 Å². The molecule has 9 nitrogen and oxygen atoms in total. The van der Waals surface area contributed by atoms with Crippen LogP contribution in [0.15, 0.2) is 60.7 Å². The lowest BCUT2D eigenvalue weighted by molar-refractivity contribution is -0.388. The zero-order valence-electron chi connectivity index (χ0n) is 24.3. The summed E-state index contributed by atoms with van der Waals surface area (Å²) in [6.45, 7) is 2.38. The Morgan fingerprint density at radius 2 is 1.54 bits per heavy atom. The zero-order valence-corrected chi connectivity index (χ0v) is 25.1. The molecule has 46 heavy (non-hydrogen) atoms. The molecule has 3 aromatic rings. The van der Waals surface area contributed by atoms with E-state index in [1.54, 1.807) is 6.07 Å². The Balaban J connectivity index is 1.09. The Hall–Kier alpha value is -4.34. The topological polar surface area (TPSA) is 95.8 Å². The van der Waals surface area contributed by atoms with Gasteiger partial charge in [0.05, 0.1) is 10.5 Å². The summed E-state index contributed by atoms with van der Waals surface area (Å²) in [5.74, 6) is 1.19. The second kappa shape index (κ2) is 13.6. The van der Waals surface area contributed by atoms with Crippen molar-refractivity contribution in [2.75, 3.05) is 41.7 Å². The van der Waals surface area contributed by atoms with E-state index in [1.807, 2.05) is 17.0 Å². The zero-order chi connectivity index (χ0) is 33.1. The number of hydrogen-bond donors (Lipinski definition) is 2. The van der Waals surface area contributed by atoms with E-state index in [4.69, 9.17) is 17.0 Å². The van der Waals surface area contributed by atoms with Gasteiger partial charge >= 0.3 is 12.4 Å². The first kappa shape index (κ1) is 33.0. The van der Waals surface area contributed by atoms with E-state index < -0.39 is 34.1 Å². The molecule has 1 saturated carbocycles. The van der Waals surface area contributed by atoms with Gasteiger partial charge in [-0.3, -0.25) is 10.1 Å². The molecule has 1 saturated heterocycles. The molecule has 1 aliphatic heterocycles. The van der Waals surface area contributed by atoms with Gasteiger partial charge in [0.1, 0.15) is 17.5 Å². The van der Waals surface area contributed by atoms with Crippen LogP contribution in [0.2, 0.25) is 0 Å². The lowest BCUT2D eigenvalue weighted by Gasteiger charge is -2.37. The Morgan fingerprint density at radius 1 is 0.891 bits per heavy atom. The number of hydrogen-bond acceptors (Lipinski definition) is 7. The van der Waals surface area contributed by atoms with E-state index >= 15 is 0 Å². The van der Waals surface area contributed by atoms with Gasteiger partial charge in [0.15, 0.2) is 5.11 Å². The molecule has 0 spiro atoms. The lowest BCUT2D eigenvalue weighted by atomic mass is 9.92. The number of nitrogens with zero attached hydrogens (tertiary/aromatic N) is 4. The highest BCUT2D eigenvalue weighted by Gasteiger charge is 2.38. The fourth-order valence-corrected chi connectivity index (χ4v) is 5.77. The molecular weight excluding hydrogens is 638 g/mol. The molecule has 0 atom stereocenters. The van der Waals surface area contributed by atoms with Gasteiger partial charge < -0.3 is 25.2 Å². The van der Waals surface area contributed by atoms with E-state index in [2.05, 4.69) is 20.5 Å². The predicted molar refractivity (Wildman–Crippen MR) is 164 cm³/mol. The van der Waals surface area contributed by atoms with Crippen LogP contribution in [0.5, 0.6) is 5.88 Å². The van der Waals surface area contributed by atoms with Crippen molar-refractivity contribution in [3.63, 3.8) is 0 Å². The molecule has 2 fully saturated rings. The van der Waals surface area contributed by atoms with Crippen molar-refractivity contribution in [3.05, 3.63) is 81.9 Å². The third-order valence-corrected chi connectivity index (χ3v) is 8.25. The number of alkyl halides is 6. The van der Waals surface area contributed by atoms with Crippen molar-refractivity contribution < 1.29 is 36.0 Å². The fourth-order valence-electron chi connectivity index (χ4n) is 5.47. The maximum Gasteiger partial charge on any atom is 0.423 e. The number of aromatic nitrogens is 1. The number of nitro groups is 1. The second-order valence-electron chi connectivity index (χ2n) is 11.0. The summed E-state index contributed by atoms with van der Waals surface area (Å²) in [6, 6.07) is 13.0. The van der Waals surface area contributed by atoms with Gasteiger partial charge in [0.25, 0.3) is 5.69 Å². The number of thiocarbonyl (C=S) groups is 1. The molecular formula is C30H30F6N6O3S. The number of ether oxygens (including phenoxy) is 1. The summed E-state index contributed by atoms with van der Waals surface area (Å²) in [4.78, 5) is 18.7. The molecule has 2 N–H and O–H groups in total. The molecule has 0 radical (unpaired) electrons. The van der Waals surface area contributed by atoms with Gasteiger partial charge in [-0.1, -0.05) is 6.07 Å². The molecule has 2 heterocycles. The average molecular weight is 669 g/mol. The second-order valence-corrected chi connectivity index (χ2v) is 11.4. The van der Waals surface area contributed by atoms with Crippen molar-refractivity contribution in [3.8, 4) is 5.88 Å². The summed E-state index contributed by atoms with van der Waals surface area (Å²) in [6.07, 6.45) is -6.83. The number of nitro benzene ring substituents is 1. The van der Waals surface area contributed by atoms with Crippen molar-refractivity contribution in [2.24, 2.45) is 0 Å². The molecule has 0 bridgehead atoms. The number of piperazine rings is 1. The highest BCUT2D eigenvalue weighted by atomic mass is 32.1. The first-order valence-corrected chi connectivity index (χ1v) is 14.9. The molecule has 1 aromatic heterocycles. The minimum absolute atomic E-state index is 0.113. The first-order valence-electron chi connectivity index (χ1n) is 14.5. The number of halogens is 6. The Morgan fingerprint density at radius 3 is 2.15 bits per heavy atom. The van der Waals surface area contributed by atoms with E-state index in [-0.39, 0.29) is 17.8 Å². The first-order chi connectivity index (χ1) is 21.8. The predicted octanol–water partition coefficient (Wildman–Crippen LogP) is 7.35. The monoisotopic (exact) mass is 668 g/mol. The van der Waals surface area contributed by atoms with Gasteiger partial charge in [0.2, 0.25) is 5.88 Å². The number of nitrogens with one attached hydrogen (secondary N) is 2. The van der Waals surface area contributed by atoms with Gasteiger partial charge in [0, 0.05) is 55.7 Å². The van der Waals surface area contributed by atoms with Crippen LogP contribution in [0.25, 0.3) is 0 Å². The SMILES string of the molecule is O=[N+]([O-])c1ccc(N[C@H]2CC[C@H](Oc3cccc(N4CCN(C(=S)Nc5ccc(C(F)(F)F)cc5)CC4)n3)CC2)cc1C(F)(F)F. The lowest BCUT2D eigenvalue weighted by Crippen LogP contribution is -2.50. The molecule has 2 aliphatic rings. The Kier molecular flexibility index (Phi) is 9.74. The van der Waals surface area contributed by atoms with E-state index in [0.29, 0.717) is 68.5 Å². The van der Waals surface area contributed by atoms with Crippen LogP contribution >= 0.6 is 12.2 Å². The van der Waals surface area contributed by atoms with Gasteiger partial charge in [-0.05, 0) is 80.4 Å². The normalized spacial score (nSPS) is 19.0. The summed E-state index contributed by atoms with van der Waals surface area (Å²) in [5, 5.41) is 17.5. The van der Waals surface area contributed by atoms with Crippen LogP contribution in [-0.2, 0) is 12.4 Å². The highest BCUT2D eigenvalue weighted by molar-refractivity contribution is 7.80. The smallest absolute Gasteiger partial charge is 0.423 e. The molecule has 5 rings (SSSR count). The Labute approximate surface area is 265 Å². The van der Waals surface area contributed by atoms with E-state index in [1.165, 1.54) is 18.2 Å². The van der Waals surface area contributed by atoms with Crippen molar-refractivity contribution in [1.29, 1.82) is 0 Å². The molecule has 2 aromatic carbocycles. The molecule has 246 valence electrons. The van der Waals surface area contributed by atoms with Gasteiger partial charge in [-0.2, -0.15) is 31.3 Å². The minimum atomic E-state index is -4.84. The van der Waals surface area contributed by atoms with Crippen molar-refractivity contribution in [2.45, 2.75) is 50.2 Å². The Bertz CT molecular complexity index is 1540. The summed E-state index contributed by atoms with van der Waals surface area (Å²) in [5.41, 5.74) is -2.36. The summed E-state index contributed by atoms with van der Waals surface area (Å²) in [7, 11) is 0. The van der Waals surface area contributed by atoms with Crippen LogP contribution in [0.4, 0.5) is 49.2 Å². The van der Waals surface area contributed by atoms with Crippen LogP contribution in [-0.4, -0.2) is 58.2 Å². The largest absolute Gasteiger partial charge is 0.474 e. The van der Waals surface area contributed by atoms with Crippen LogP contribution in [0.3, 0.4) is 0 Å². The summed E-state index contributed by atoms with van der Waals surface area (Å²) >= 11 is 5.47. The third-order valence-electron chi connectivity index (χ3n) is 7.89. The molecule has 0 amide bonds. The highest BCUT2D eigenvalue weighted by Crippen LogP contribution is 2.38.